The van der Waals surface area contributed by atoms with Gasteiger partial charge in [0, 0.05) is 5.69 Å². The summed E-state index contributed by atoms with van der Waals surface area (Å²) in [5, 5.41) is 22.4. The first kappa shape index (κ1) is 14.5. The summed E-state index contributed by atoms with van der Waals surface area (Å²) in [5.41, 5.74) is 3.23. The third kappa shape index (κ3) is 3.80. The highest BCUT2D eigenvalue weighted by Crippen LogP contribution is 2.16. The van der Waals surface area contributed by atoms with Gasteiger partial charge >= 0.3 is 0 Å². The van der Waals surface area contributed by atoms with Crippen molar-refractivity contribution in [1.29, 1.82) is 5.26 Å². The van der Waals surface area contributed by atoms with Gasteiger partial charge in [-0.25, -0.2) is 4.98 Å². The van der Waals surface area contributed by atoms with E-state index in [-0.39, 0.29) is 12.4 Å². The molecule has 1 aromatic heterocycles. The first-order valence-electron chi connectivity index (χ1n) is 6.42. The van der Waals surface area contributed by atoms with Crippen LogP contribution in [0.4, 0.5) is 0 Å². The van der Waals surface area contributed by atoms with Crippen molar-refractivity contribution in [1.82, 2.24) is 4.98 Å². The van der Waals surface area contributed by atoms with E-state index in [1.807, 2.05) is 19.1 Å². The molecule has 0 radical (unpaired) electrons. The summed E-state index contributed by atoms with van der Waals surface area (Å²) in [6, 6.07) is 12.4. The number of pyridine rings is 1. The molecule has 1 aromatic carbocycles. The molecule has 21 heavy (non-hydrogen) atoms. The van der Waals surface area contributed by atoms with Gasteiger partial charge in [-0.3, -0.25) is 0 Å². The van der Waals surface area contributed by atoms with E-state index < -0.39 is 0 Å². The van der Waals surface area contributed by atoms with Gasteiger partial charge in [0.25, 0.3) is 0 Å². The molecule has 0 aliphatic heterocycles. The zero-order valence-corrected chi connectivity index (χ0v) is 11.9. The van der Waals surface area contributed by atoms with Gasteiger partial charge in [0.2, 0.25) is 0 Å². The van der Waals surface area contributed by atoms with Crippen molar-refractivity contribution in [3.05, 3.63) is 58.9 Å². The largest absolute Gasteiger partial charge is 0.506 e. The number of aromatic hydroxyl groups is 1. The van der Waals surface area contributed by atoms with Crippen molar-refractivity contribution in [3.8, 4) is 11.8 Å². The van der Waals surface area contributed by atoms with E-state index in [0.29, 0.717) is 17.0 Å². The third-order valence-electron chi connectivity index (χ3n) is 2.87. The topological polar surface area (TPSA) is 78.5 Å². The Bertz CT molecular complexity index is 700. The molecule has 0 aliphatic carbocycles. The number of nitriles is 1. The first-order valence-corrected chi connectivity index (χ1v) is 6.42. The number of benzene rings is 1. The van der Waals surface area contributed by atoms with Crippen molar-refractivity contribution < 1.29 is 9.94 Å². The van der Waals surface area contributed by atoms with Crippen molar-refractivity contribution in [2.45, 2.75) is 20.5 Å². The van der Waals surface area contributed by atoms with Gasteiger partial charge in [-0.15, -0.1) is 0 Å². The number of rotatable bonds is 4. The molecule has 0 unspecified atom stereocenters. The van der Waals surface area contributed by atoms with Crippen LogP contribution in [0.2, 0.25) is 0 Å². The number of nitrogens with zero attached hydrogens (tertiary/aromatic N) is 3. The maximum absolute atomic E-state index is 9.75. The van der Waals surface area contributed by atoms with E-state index in [1.165, 1.54) is 0 Å². The smallest absolute Gasteiger partial charge is 0.143 e. The van der Waals surface area contributed by atoms with E-state index in [4.69, 9.17) is 10.1 Å². The van der Waals surface area contributed by atoms with Crippen LogP contribution >= 0.6 is 0 Å². The molecule has 106 valence electrons. The Morgan fingerprint density at radius 2 is 2.00 bits per heavy atom. The first-order chi connectivity index (χ1) is 10.1. The van der Waals surface area contributed by atoms with Gasteiger partial charge in [0.15, 0.2) is 0 Å². The van der Waals surface area contributed by atoms with Crippen LogP contribution in [-0.4, -0.2) is 15.8 Å². The zero-order chi connectivity index (χ0) is 15.2. The fourth-order valence-electron chi connectivity index (χ4n) is 1.74. The number of oxime groups is 1. The number of hydrogen-bond donors (Lipinski definition) is 1. The Labute approximate surface area is 123 Å². The molecule has 0 saturated carbocycles. The molecule has 0 aliphatic rings. The molecular formula is C16H15N3O2. The molecule has 1 heterocycles. The second-order valence-corrected chi connectivity index (χ2v) is 4.58. The van der Waals surface area contributed by atoms with Crippen LogP contribution in [0.3, 0.4) is 0 Å². The lowest BCUT2D eigenvalue weighted by atomic mass is 10.2. The van der Waals surface area contributed by atoms with Crippen LogP contribution in [0.1, 0.15) is 29.4 Å². The van der Waals surface area contributed by atoms with Crippen LogP contribution < -0.4 is 0 Å². The summed E-state index contributed by atoms with van der Waals surface area (Å²) >= 11 is 0. The molecule has 0 saturated heterocycles. The second kappa shape index (κ2) is 6.53. The van der Waals surface area contributed by atoms with E-state index >= 15 is 0 Å². The summed E-state index contributed by atoms with van der Waals surface area (Å²) in [4.78, 5) is 9.48. The molecule has 2 aromatic rings. The Morgan fingerprint density at radius 3 is 2.67 bits per heavy atom. The Morgan fingerprint density at radius 1 is 1.29 bits per heavy atom. The Hall–Kier alpha value is -2.87. The van der Waals surface area contributed by atoms with Crippen LogP contribution in [0.5, 0.6) is 5.75 Å². The fourth-order valence-corrected chi connectivity index (χ4v) is 1.74. The molecule has 0 fully saturated rings. The van der Waals surface area contributed by atoms with Gasteiger partial charge < -0.3 is 9.94 Å². The summed E-state index contributed by atoms with van der Waals surface area (Å²) in [5.74, 6) is 0.0730. The lowest BCUT2D eigenvalue weighted by Crippen LogP contribution is -2.02. The molecule has 2 rings (SSSR count). The van der Waals surface area contributed by atoms with E-state index in [9.17, 15) is 5.11 Å². The predicted molar refractivity (Wildman–Crippen MR) is 78.8 cm³/mol. The lowest BCUT2D eigenvalue weighted by Gasteiger charge is -2.05. The number of aromatic nitrogens is 1. The molecule has 0 amide bonds. The minimum absolute atomic E-state index is 0.0730. The van der Waals surface area contributed by atoms with Gasteiger partial charge in [0.05, 0.1) is 11.6 Å². The van der Waals surface area contributed by atoms with Gasteiger partial charge in [0.1, 0.15) is 23.8 Å². The average molecular weight is 281 g/mol. The summed E-state index contributed by atoms with van der Waals surface area (Å²) in [6.45, 7) is 3.85. The van der Waals surface area contributed by atoms with Crippen molar-refractivity contribution in [2.75, 3.05) is 0 Å². The summed E-state index contributed by atoms with van der Waals surface area (Å²) < 4.78 is 0. The molecule has 5 heteroatoms. The van der Waals surface area contributed by atoms with Crippen LogP contribution in [0.25, 0.3) is 0 Å². The average Bonchev–Trinajstić information content (AvgIpc) is 2.50. The summed E-state index contributed by atoms with van der Waals surface area (Å²) in [7, 11) is 0. The minimum Gasteiger partial charge on any atom is -0.506 e. The molecule has 0 spiro atoms. The third-order valence-corrected chi connectivity index (χ3v) is 2.87. The summed E-state index contributed by atoms with van der Waals surface area (Å²) in [6.07, 6.45) is 0. The molecular weight excluding hydrogens is 266 g/mol. The molecule has 1 N–H and O–H groups in total. The fraction of sp³-hybridized carbons (Fsp3) is 0.188. The maximum atomic E-state index is 9.75. The highest BCUT2D eigenvalue weighted by Gasteiger charge is 2.07. The highest BCUT2D eigenvalue weighted by molar-refractivity contribution is 5.98. The monoisotopic (exact) mass is 281 g/mol. The lowest BCUT2D eigenvalue weighted by molar-refractivity contribution is 0.130. The van der Waals surface area contributed by atoms with Gasteiger partial charge in [-0.05, 0) is 43.7 Å². The molecule has 5 nitrogen and oxygen atoms in total. The van der Waals surface area contributed by atoms with Crippen LogP contribution in [0.15, 0.2) is 41.6 Å². The van der Waals surface area contributed by atoms with Crippen molar-refractivity contribution in [2.24, 2.45) is 5.16 Å². The number of hydrogen-bond acceptors (Lipinski definition) is 5. The Kier molecular flexibility index (Phi) is 4.52. The van der Waals surface area contributed by atoms with Crippen molar-refractivity contribution in [3.63, 3.8) is 0 Å². The highest BCUT2D eigenvalue weighted by atomic mass is 16.6. The van der Waals surface area contributed by atoms with E-state index in [1.54, 1.807) is 31.2 Å². The van der Waals surface area contributed by atoms with Gasteiger partial charge in [-0.1, -0.05) is 17.3 Å². The van der Waals surface area contributed by atoms with Crippen LogP contribution in [0, 0.1) is 18.3 Å². The SMILES string of the molecule is CC(=NOCc1ccc(C#N)cc1)c1nc(C)ccc1O. The van der Waals surface area contributed by atoms with Gasteiger partial charge in [-0.2, -0.15) is 5.26 Å². The van der Waals surface area contributed by atoms with Crippen molar-refractivity contribution >= 4 is 5.71 Å². The minimum atomic E-state index is 0.0730. The quantitative estimate of drug-likeness (QED) is 0.690. The second-order valence-electron chi connectivity index (χ2n) is 4.58. The normalized spacial score (nSPS) is 11.0. The molecule has 0 bridgehead atoms. The number of aryl methyl sites for hydroxylation is 1. The zero-order valence-electron chi connectivity index (χ0n) is 11.9. The van der Waals surface area contributed by atoms with Crippen LogP contribution in [-0.2, 0) is 11.4 Å². The standard InChI is InChI=1S/C16H15N3O2/c1-11-3-8-15(20)16(18-11)12(2)19-21-10-14-6-4-13(9-17)5-7-14/h3-8,20H,10H2,1-2H3. The van der Waals surface area contributed by atoms with E-state index in [0.717, 1.165) is 11.3 Å². The molecule has 0 atom stereocenters. The maximum Gasteiger partial charge on any atom is 0.143 e. The Balaban J connectivity index is 2.03. The van der Waals surface area contributed by atoms with E-state index in [2.05, 4.69) is 16.2 Å². The predicted octanol–water partition coefficient (Wildman–Crippen LogP) is 2.91.